The zero-order chi connectivity index (χ0) is 24.9. The first-order valence-electron chi connectivity index (χ1n) is 12.3. The van der Waals surface area contributed by atoms with Gasteiger partial charge in [-0.3, -0.25) is 14.4 Å². The molecule has 0 unspecified atom stereocenters. The van der Waals surface area contributed by atoms with Gasteiger partial charge in [0.25, 0.3) is 11.8 Å². The molecule has 184 valence electrons. The average Bonchev–Trinajstić information content (AvgIpc) is 3.29. The Labute approximate surface area is 215 Å². The molecule has 0 radical (unpaired) electrons. The predicted octanol–water partition coefficient (Wildman–Crippen LogP) is 5.34. The SMILES string of the molecule is O=C(Nc1ccccc1C(=O)N1CCCCC1)c1ccc([C@H]2SCC(=O)N2Cc2ccccc2)cc1. The topological polar surface area (TPSA) is 69.7 Å². The van der Waals surface area contributed by atoms with Crippen molar-refractivity contribution >= 4 is 35.2 Å². The van der Waals surface area contributed by atoms with Crippen LogP contribution in [0, 0.1) is 0 Å². The average molecular weight is 500 g/mol. The largest absolute Gasteiger partial charge is 0.339 e. The molecule has 1 atom stereocenters. The van der Waals surface area contributed by atoms with Crippen LogP contribution in [0.4, 0.5) is 5.69 Å². The Hall–Kier alpha value is -3.58. The summed E-state index contributed by atoms with van der Waals surface area (Å²) in [6.07, 6.45) is 3.18. The third-order valence-corrected chi connectivity index (χ3v) is 7.93. The van der Waals surface area contributed by atoms with E-state index in [1.165, 1.54) is 0 Å². The van der Waals surface area contributed by atoms with E-state index in [1.807, 2.05) is 64.4 Å². The minimum Gasteiger partial charge on any atom is -0.339 e. The van der Waals surface area contributed by atoms with E-state index in [-0.39, 0.29) is 23.1 Å². The first-order chi connectivity index (χ1) is 17.6. The monoisotopic (exact) mass is 499 g/mol. The maximum Gasteiger partial charge on any atom is 0.255 e. The fraction of sp³-hybridized carbons (Fsp3) is 0.276. The number of nitrogens with one attached hydrogen (secondary N) is 1. The minimum atomic E-state index is -0.267. The van der Waals surface area contributed by atoms with E-state index in [1.54, 1.807) is 36.0 Å². The summed E-state index contributed by atoms with van der Waals surface area (Å²) in [4.78, 5) is 42.4. The van der Waals surface area contributed by atoms with Gasteiger partial charge in [-0.1, -0.05) is 54.6 Å². The van der Waals surface area contributed by atoms with Crippen molar-refractivity contribution in [2.24, 2.45) is 0 Å². The van der Waals surface area contributed by atoms with Crippen molar-refractivity contribution in [3.05, 3.63) is 101 Å². The van der Waals surface area contributed by atoms with Gasteiger partial charge < -0.3 is 15.1 Å². The number of piperidine rings is 1. The fourth-order valence-corrected chi connectivity index (χ4v) is 5.91. The Kier molecular flexibility index (Phi) is 7.37. The number of rotatable bonds is 6. The Morgan fingerprint density at radius 1 is 0.861 bits per heavy atom. The standard InChI is InChI=1S/C29H29N3O3S/c33-26-20-36-29(32(26)19-21-9-3-1-4-10-21)23-15-13-22(14-16-23)27(34)30-25-12-6-5-11-24(25)28(35)31-17-7-2-8-18-31/h1,3-6,9-16,29H,2,7-8,17-20H2,(H,30,34)/t29-/m1/s1. The number of benzene rings is 3. The highest BCUT2D eigenvalue weighted by Gasteiger charge is 2.32. The second-order valence-electron chi connectivity index (χ2n) is 9.15. The van der Waals surface area contributed by atoms with Gasteiger partial charge in [-0.25, -0.2) is 0 Å². The highest BCUT2D eigenvalue weighted by Crippen LogP contribution is 2.39. The normalized spacial score (nSPS) is 17.8. The van der Waals surface area contributed by atoms with E-state index in [9.17, 15) is 14.4 Å². The van der Waals surface area contributed by atoms with Gasteiger partial charge >= 0.3 is 0 Å². The molecule has 3 amide bonds. The van der Waals surface area contributed by atoms with Crippen molar-refractivity contribution in [2.45, 2.75) is 31.2 Å². The molecule has 2 aliphatic heterocycles. The lowest BCUT2D eigenvalue weighted by molar-refractivity contribution is -0.128. The van der Waals surface area contributed by atoms with Gasteiger partial charge in [0.2, 0.25) is 5.91 Å². The minimum absolute atomic E-state index is 0.0395. The number of carbonyl (C=O) groups excluding carboxylic acids is 3. The molecule has 2 fully saturated rings. The summed E-state index contributed by atoms with van der Waals surface area (Å²) in [5.41, 5.74) is 3.61. The Morgan fingerprint density at radius 2 is 1.56 bits per heavy atom. The molecule has 3 aromatic rings. The number of para-hydroxylation sites is 1. The Bertz CT molecular complexity index is 1240. The quantitative estimate of drug-likeness (QED) is 0.497. The van der Waals surface area contributed by atoms with Crippen molar-refractivity contribution in [1.29, 1.82) is 0 Å². The lowest BCUT2D eigenvalue weighted by Gasteiger charge is -2.27. The van der Waals surface area contributed by atoms with Crippen LogP contribution in [0.15, 0.2) is 78.9 Å². The zero-order valence-corrected chi connectivity index (χ0v) is 20.9. The molecule has 7 heteroatoms. The van der Waals surface area contributed by atoms with Crippen molar-refractivity contribution in [3.8, 4) is 0 Å². The van der Waals surface area contributed by atoms with E-state index < -0.39 is 0 Å². The molecule has 6 nitrogen and oxygen atoms in total. The predicted molar refractivity (Wildman–Crippen MR) is 143 cm³/mol. The van der Waals surface area contributed by atoms with Gasteiger partial charge in [0.1, 0.15) is 5.37 Å². The molecule has 0 aliphatic carbocycles. The third kappa shape index (κ3) is 5.31. The Morgan fingerprint density at radius 3 is 2.31 bits per heavy atom. The summed E-state index contributed by atoms with van der Waals surface area (Å²) >= 11 is 1.60. The number of amides is 3. The van der Waals surface area contributed by atoms with E-state index in [0.717, 1.165) is 43.5 Å². The molecule has 2 aliphatic rings. The summed E-state index contributed by atoms with van der Waals surface area (Å²) in [5, 5.41) is 2.84. The first-order valence-corrected chi connectivity index (χ1v) is 13.4. The molecule has 0 bridgehead atoms. The maximum absolute atomic E-state index is 13.1. The van der Waals surface area contributed by atoms with Crippen LogP contribution in [0.3, 0.4) is 0 Å². The molecule has 36 heavy (non-hydrogen) atoms. The van der Waals surface area contributed by atoms with Gasteiger partial charge in [0.15, 0.2) is 0 Å². The van der Waals surface area contributed by atoms with E-state index in [0.29, 0.717) is 29.1 Å². The third-order valence-electron chi connectivity index (χ3n) is 6.67. The summed E-state index contributed by atoms with van der Waals surface area (Å²) in [6, 6.07) is 24.5. The molecular formula is C29H29N3O3S. The molecule has 0 spiro atoms. The number of thioether (sulfide) groups is 1. The summed E-state index contributed by atoms with van der Waals surface area (Å²) < 4.78 is 0. The molecular weight excluding hydrogens is 470 g/mol. The van der Waals surface area contributed by atoms with Crippen LogP contribution in [-0.2, 0) is 11.3 Å². The van der Waals surface area contributed by atoms with Crippen molar-refractivity contribution in [1.82, 2.24) is 9.80 Å². The van der Waals surface area contributed by atoms with Gasteiger partial charge in [0, 0.05) is 25.2 Å². The molecule has 1 N–H and O–H groups in total. The second kappa shape index (κ2) is 11.0. The van der Waals surface area contributed by atoms with Gasteiger partial charge in [-0.15, -0.1) is 11.8 Å². The highest BCUT2D eigenvalue weighted by molar-refractivity contribution is 8.00. The Balaban J connectivity index is 1.28. The molecule has 5 rings (SSSR count). The maximum atomic E-state index is 13.1. The van der Waals surface area contributed by atoms with Crippen molar-refractivity contribution in [3.63, 3.8) is 0 Å². The molecule has 0 saturated carbocycles. The fourth-order valence-electron chi connectivity index (χ4n) is 4.72. The highest BCUT2D eigenvalue weighted by atomic mass is 32.2. The van der Waals surface area contributed by atoms with E-state index >= 15 is 0 Å². The summed E-state index contributed by atoms with van der Waals surface area (Å²) in [7, 11) is 0. The number of hydrogen-bond donors (Lipinski definition) is 1. The summed E-state index contributed by atoms with van der Waals surface area (Å²) in [6.45, 7) is 2.07. The lowest BCUT2D eigenvalue weighted by atomic mass is 10.1. The summed E-state index contributed by atoms with van der Waals surface area (Å²) in [5.74, 6) is 0.256. The molecule has 0 aromatic heterocycles. The van der Waals surface area contributed by atoms with Crippen LogP contribution in [0.2, 0.25) is 0 Å². The van der Waals surface area contributed by atoms with Crippen LogP contribution in [-0.4, -0.2) is 46.4 Å². The van der Waals surface area contributed by atoms with Crippen LogP contribution in [0.5, 0.6) is 0 Å². The van der Waals surface area contributed by atoms with Crippen LogP contribution >= 0.6 is 11.8 Å². The first kappa shape index (κ1) is 24.1. The number of hydrogen-bond acceptors (Lipinski definition) is 4. The van der Waals surface area contributed by atoms with Crippen LogP contribution in [0.1, 0.15) is 56.5 Å². The van der Waals surface area contributed by atoms with E-state index in [2.05, 4.69) is 5.32 Å². The number of anilines is 1. The molecule has 2 saturated heterocycles. The smallest absolute Gasteiger partial charge is 0.255 e. The van der Waals surface area contributed by atoms with Crippen molar-refractivity contribution < 1.29 is 14.4 Å². The molecule has 2 heterocycles. The van der Waals surface area contributed by atoms with E-state index in [4.69, 9.17) is 0 Å². The molecule has 3 aromatic carbocycles. The number of likely N-dealkylation sites (tertiary alicyclic amines) is 1. The van der Waals surface area contributed by atoms with Gasteiger partial charge in [-0.2, -0.15) is 0 Å². The zero-order valence-electron chi connectivity index (χ0n) is 20.1. The van der Waals surface area contributed by atoms with Crippen molar-refractivity contribution in [2.75, 3.05) is 24.2 Å². The number of carbonyl (C=O) groups is 3. The van der Waals surface area contributed by atoms with Gasteiger partial charge in [-0.05, 0) is 54.7 Å². The van der Waals surface area contributed by atoms with Crippen LogP contribution in [0.25, 0.3) is 0 Å². The number of nitrogens with zero attached hydrogens (tertiary/aromatic N) is 2. The van der Waals surface area contributed by atoms with Gasteiger partial charge in [0.05, 0.1) is 17.0 Å². The van der Waals surface area contributed by atoms with Crippen LogP contribution < -0.4 is 5.32 Å². The lowest BCUT2D eigenvalue weighted by Crippen LogP contribution is -2.36. The second-order valence-corrected chi connectivity index (χ2v) is 10.2.